The van der Waals surface area contributed by atoms with Crippen LogP contribution in [0.4, 0.5) is 0 Å². The minimum atomic E-state index is -0.518. The van der Waals surface area contributed by atoms with Crippen LogP contribution in [0.25, 0.3) is 0 Å². The zero-order valence-electron chi connectivity index (χ0n) is 8.16. The Morgan fingerprint density at radius 1 is 1.31 bits per heavy atom. The Bertz CT molecular complexity index is 145. The minimum Gasteiger partial charge on any atom is -0.379 e. The van der Waals surface area contributed by atoms with Gasteiger partial charge in [-0.2, -0.15) is 5.26 Å². The van der Waals surface area contributed by atoms with Crippen molar-refractivity contribution in [3.05, 3.63) is 0 Å². The Hall–Kier alpha value is -0.630. The molecule has 0 aromatic rings. The first kappa shape index (κ1) is 12.4. The predicted molar refractivity (Wildman–Crippen MR) is 50.1 cm³/mol. The van der Waals surface area contributed by atoms with Crippen molar-refractivity contribution >= 4 is 0 Å². The summed E-state index contributed by atoms with van der Waals surface area (Å²) in [4.78, 5) is 0. The molecule has 0 fully saturated rings. The third-order valence-electron chi connectivity index (χ3n) is 1.48. The second-order valence-corrected chi connectivity index (χ2v) is 2.78. The number of nitrogens with zero attached hydrogens (tertiary/aromatic N) is 1. The van der Waals surface area contributed by atoms with Gasteiger partial charge in [-0.25, -0.2) is 0 Å². The third kappa shape index (κ3) is 9.28. The number of nitrogens with two attached hydrogens (primary N) is 1. The smallest absolute Gasteiger partial charge is 0.116 e. The van der Waals surface area contributed by atoms with Crippen LogP contribution in [0.2, 0.25) is 0 Å². The highest BCUT2D eigenvalue weighted by atomic mass is 16.5. The van der Waals surface area contributed by atoms with Crippen LogP contribution in [-0.4, -0.2) is 32.5 Å². The van der Waals surface area contributed by atoms with E-state index < -0.39 is 6.04 Å². The fraction of sp³-hybridized carbons (Fsp3) is 0.889. The molecule has 0 bridgehead atoms. The molecule has 0 rings (SSSR count). The average molecular weight is 186 g/mol. The SMILES string of the molecule is CCCCOCCOCC(N)C#N. The molecule has 0 aliphatic heterocycles. The highest BCUT2D eigenvalue weighted by Gasteiger charge is 1.98. The van der Waals surface area contributed by atoms with Crippen molar-refractivity contribution in [2.24, 2.45) is 5.73 Å². The van der Waals surface area contributed by atoms with Gasteiger partial charge in [0.25, 0.3) is 0 Å². The lowest BCUT2D eigenvalue weighted by atomic mass is 10.4. The molecule has 13 heavy (non-hydrogen) atoms. The van der Waals surface area contributed by atoms with Gasteiger partial charge >= 0.3 is 0 Å². The molecule has 0 aliphatic rings. The Balaban J connectivity index is 2.96. The predicted octanol–water partition coefficient (Wildman–Crippen LogP) is 0.671. The van der Waals surface area contributed by atoms with Crippen LogP contribution in [-0.2, 0) is 9.47 Å². The first-order valence-electron chi connectivity index (χ1n) is 4.62. The molecule has 1 unspecified atom stereocenters. The molecule has 0 saturated carbocycles. The zero-order valence-corrected chi connectivity index (χ0v) is 8.16. The van der Waals surface area contributed by atoms with Crippen LogP contribution < -0.4 is 5.73 Å². The van der Waals surface area contributed by atoms with Gasteiger partial charge in [0, 0.05) is 6.61 Å². The maximum Gasteiger partial charge on any atom is 0.116 e. The van der Waals surface area contributed by atoms with E-state index in [1.165, 1.54) is 0 Å². The van der Waals surface area contributed by atoms with E-state index in [2.05, 4.69) is 6.92 Å². The molecule has 4 heteroatoms. The maximum atomic E-state index is 8.32. The monoisotopic (exact) mass is 186 g/mol. The summed E-state index contributed by atoms with van der Waals surface area (Å²) in [7, 11) is 0. The Kier molecular flexibility index (Phi) is 9.00. The van der Waals surface area contributed by atoms with Crippen LogP contribution in [0.1, 0.15) is 19.8 Å². The van der Waals surface area contributed by atoms with Crippen molar-refractivity contribution in [3.8, 4) is 6.07 Å². The summed E-state index contributed by atoms with van der Waals surface area (Å²) in [6, 6.07) is 1.37. The van der Waals surface area contributed by atoms with E-state index in [9.17, 15) is 0 Å². The molecule has 0 spiro atoms. The first-order chi connectivity index (χ1) is 6.31. The van der Waals surface area contributed by atoms with E-state index in [1.54, 1.807) is 0 Å². The Morgan fingerprint density at radius 3 is 2.62 bits per heavy atom. The Labute approximate surface area is 79.6 Å². The summed E-state index contributed by atoms with van der Waals surface area (Å²) in [5.41, 5.74) is 5.31. The van der Waals surface area contributed by atoms with Gasteiger partial charge in [0.15, 0.2) is 0 Å². The molecule has 0 aromatic heterocycles. The van der Waals surface area contributed by atoms with Crippen LogP contribution in [0.15, 0.2) is 0 Å². The van der Waals surface area contributed by atoms with Gasteiger partial charge in [-0.15, -0.1) is 0 Å². The van der Waals surface area contributed by atoms with Crippen molar-refractivity contribution in [3.63, 3.8) is 0 Å². The van der Waals surface area contributed by atoms with Crippen molar-refractivity contribution in [2.75, 3.05) is 26.4 Å². The van der Waals surface area contributed by atoms with Gasteiger partial charge in [0.05, 0.1) is 25.9 Å². The molecule has 0 aromatic carbocycles. The van der Waals surface area contributed by atoms with Gasteiger partial charge in [0.1, 0.15) is 6.04 Å². The van der Waals surface area contributed by atoms with E-state index in [-0.39, 0.29) is 6.61 Å². The normalized spacial score (nSPS) is 12.4. The van der Waals surface area contributed by atoms with Crippen molar-refractivity contribution in [2.45, 2.75) is 25.8 Å². The number of hydrogen-bond donors (Lipinski definition) is 1. The Morgan fingerprint density at radius 2 is 2.00 bits per heavy atom. The lowest BCUT2D eigenvalue weighted by Crippen LogP contribution is -2.24. The molecule has 0 heterocycles. The first-order valence-corrected chi connectivity index (χ1v) is 4.62. The molecule has 76 valence electrons. The third-order valence-corrected chi connectivity index (χ3v) is 1.48. The van der Waals surface area contributed by atoms with Crippen LogP contribution in [0.3, 0.4) is 0 Å². The minimum absolute atomic E-state index is 0.285. The quantitative estimate of drug-likeness (QED) is 0.566. The number of rotatable bonds is 8. The fourth-order valence-electron chi connectivity index (χ4n) is 0.714. The van der Waals surface area contributed by atoms with Gasteiger partial charge in [-0.3, -0.25) is 0 Å². The van der Waals surface area contributed by atoms with Crippen molar-refractivity contribution < 1.29 is 9.47 Å². The van der Waals surface area contributed by atoms with Crippen molar-refractivity contribution in [1.82, 2.24) is 0 Å². The molecule has 4 nitrogen and oxygen atoms in total. The van der Waals surface area contributed by atoms with E-state index >= 15 is 0 Å². The van der Waals surface area contributed by atoms with E-state index in [4.69, 9.17) is 20.5 Å². The molecule has 0 aliphatic carbocycles. The number of hydrogen-bond acceptors (Lipinski definition) is 4. The molecule has 0 saturated heterocycles. The second kappa shape index (κ2) is 9.46. The summed E-state index contributed by atoms with van der Waals surface area (Å²) < 4.78 is 10.3. The molecule has 0 radical (unpaired) electrons. The highest BCUT2D eigenvalue weighted by Crippen LogP contribution is 1.88. The topological polar surface area (TPSA) is 68.3 Å². The summed E-state index contributed by atoms with van der Waals surface area (Å²) in [6.07, 6.45) is 2.22. The fourth-order valence-corrected chi connectivity index (χ4v) is 0.714. The summed E-state index contributed by atoms with van der Waals surface area (Å²) in [5.74, 6) is 0. The lowest BCUT2D eigenvalue weighted by molar-refractivity contribution is 0.0456. The standard InChI is InChI=1S/C9H18N2O2/c1-2-3-4-12-5-6-13-8-9(11)7-10/h9H,2-6,8,11H2,1H3. The number of unbranched alkanes of at least 4 members (excludes halogenated alkanes) is 1. The van der Waals surface area contributed by atoms with Crippen LogP contribution in [0, 0.1) is 11.3 Å². The largest absolute Gasteiger partial charge is 0.379 e. The van der Waals surface area contributed by atoms with E-state index in [0.717, 1.165) is 19.4 Å². The van der Waals surface area contributed by atoms with Gasteiger partial charge < -0.3 is 15.2 Å². The zero-order chi connectivity index (χ0) is 9.94. The van der Waals surface area contributed by atoms with Crippen LogP contribution >= 0.6 is 0 Å². The molecular weight excluding hydrogens is 168 g/mol. The summed E-state index contributed by atoms with van der Waals surface area (Å²) in [5, 5.41) is 8.32. The summed E-state index contributed by atoms with van der Waals surface area (Å²) >= 11 is 0. The van der Waals surface area contributed by atoms with Gasteiger partial charge in [0.2, 0.25) is 0 Å². The highest BCUT2D eigenvalue weighted by molar-refractivity contribution is 4.85. The summed E-state index contributed by atoms with van der Waals surface area (Å²) in [6.45, 7) is 4.28. The lowest BCUT2D eigenvalue weighted by Gasteiger charge is -2.05. The average Bonchev–Trinajstić information content (AvgIpc) is 2.16. The number of ether oxygens (including phenoxy) is 2. The molecule has 2 N–H and O–H groups in total. The second-order valence-electron chi connectivity index (χ2n) is 2.78. The van der Waals surface area contributed by atoms with Gasteiger partial charge in [-0.1, -0.05) is 13.3 Å². The van der Waals surface area contributed by atoms with Gasteiger partial charge in [-0.05, 0) is 6.42 Å². The van der Waals surface area contributed by atoms with E-state index in [0.29, 0.717) is 13.2 Å². The molecular formula is C9H18N2O2. The molecule has 0 amide bonds. The van der Waals surface area contributed by atoms with Crippen LogP contribution in [0.5, 0.6) is 0 Å². The maximum absolute atomic E-state index is 8.32. The number of nitriles is 1. The van der Waals surface area contributed by atoms with E-state index in [1.807, 2.05) is 6.07 Å². The van der Waals surface area contributed by atoms with Crippen molar-refractivity contribution in [1.29, 1.82) is 5.26 Å². The molecule has 1 atom stereocenters.